The van der Waals surface area contributed by atoms with Crippen LogP contribution in [0.15, 0.2) is 146 Å². The highest BCUT2D eigenvalue weighted by molar-refractivity contribution is 5.71. The zero-order chi connectivity index (χ0) is 58.5. The van der Waals surface area contributed by atoms with Crippen molar-refractivity contribution in [2.45, 2.75) is 297 Å². The summed E-state index contributed by atoms with van der Waals surface area (Å²) in [7, 11) is 0. The second kappa shape index (κ2) is 67.8. The number of carbonyl (C=O) groups excluding carboxylic acids is 3. The Balaban J connectivity index is 4.29. The van der Waals surface area contributed by atoms with Gasteiger partial charge in [0.25, 0.3) is 0 Å². The molecule has 6 heteroatoms. The highest BCUT2D eigenvalue weighted by Crippen LogP contribution is 2.15. The molecule has 81 heavy (non-hydrogen) atoms. The third-order valence-electron chi connectivity index (χ3n) is 13.8. The lowest BCUT2D eigenvalue weighted by atomic mass is 10.1. The molecule has 0 aromatic carbocycles. The van der Waals surface area contributed by atoms with Crippen molar-refractivity contribution in [3.8, 4) is 0 Å². The Morgan fingerprint density at radius 1 is 0.259 bits per heavy atom. The maximum absolute atomic E-state index is 12.9. The smallest absolute Gasteiger partial charge is 0.306 e. The van der Waals surface area contributed by atoms with Crippen LogP contribution in [0.5, 0.6) is 0 Å². The summed E-state index contributed by atoms with van der Waals surface area (Å²) in [6.45, 7) is 6.47. The van der Waals surface area contributed by atoms with Crippen molar-refractivity contribution >= 4 is 17.9 Å². The molecule has 0 rings (SSSR count). The molecule has 0 N–H and O–H groups in total. The average molecular weight is 1120 g/mol. The maximum atomic E-state index is 12.9. The number of carbonyl (C=O) groups is 3. The highest BCUT2D eigenvalue weighted by Gasteiger charge is 2.19. The first-order valence-electron chi connectivity index (χ1n) is 33.3. The van der Waals surface area contributed by atoms with Crippen LogP contribution in [0.1, 0.15) is 290 Å². The molecule has 1 atom stereocenters. The fourth-order valence-corrected chi connectivity index (χ4v) is 8.85. The first kappa shape index (κ1) is 76.3. The monoisotopic (exact) mass is 1120 g/mol. The Morgan fingerprint density at radius 3 is 0.753 bits per heavy atom. The van der Waals surface area contributed by atoms with Gasteiger partial charge in [0, 0.05) is 19.3 Å². The molecule has 1 unspecified atom stereocenters. The van der Waals surface area contributed by atoms with Crippen molar-refractivity contribution in [3.63, 3.8) is 0 Å². The number of hydrogen-bond donors (Lipinski definition) is 0. The van der Waals surface area contributed by atoms with Gasteiger partial charge >= 0.3 is 17.9 Å². The number of esters is 3. The number of rotatable bonds is 59. The molecule has 0 saturated carbocycles. The van der Waals surface area contributed by atoms with Gasteiger partial charge in [-0.1, -0.05) is 289 Å². The van der Waals surface area contributed by atoms with Crippen LogP contribution >= 0.6 is 0 Å². The Hall–Kier alpha value is -4.71. The quantitative estimate of drug-likeness (QED) is 0.0261. The van der Waals surface area contributed by atoms with E-state index in [1.165, 1.54) is 89.9 Å². The van der Waals surface area contributed by atoms with Gasteiger partial charge in [-0.2, -0.15) is 0 Å². The lowest BCUT2D eigenvalue weighted by Crippen LogP contribution is -2.30. The average Bonchev–Trinajstić information content (AvgIpc) is 3.47. The van der Waals surface area contributed by atoms with E-state index in [0.29, 0.717) is 19.3 Å². The van der Waals surface area contributed by atoms with Crippen LogP contribution in [0.2, 0.25) is 0 Å². The number of unbranched alkanes of at least 4 members (excludes halogenated alkanes) is 24. The lowest BCUT2D eigenvalue weighted by molar-refractivity contribution is -0.167. The van der Waals surface area contributed by atoms with Crippen LogP contribution < -0.4 is 0 Å². The van der Waals surface area contributed by atoms with Crippen molar-refractivity contribution < 1.29 is 28.6 Å². The Bertz CT molecular complexity index is 1760. The molecule has 0 heterocycles. The molecule has 0 amide bonds. The number of allylic oxidation sites excluding steroid dienone is 24. The number of ether oxygens (including phenoxy) is 3. The molecular weight excluding hydrogens is 997 g/mol. The summed E-state index contributed by atoms with van der Waals surface area (Å²) < 4.78 is 16.9. The van der Waals surface area contributed by atoms with E-state index in [9.17, 15) is 14.4 Å². The Labute approximate surface area is 499 Å². The van der Waals surface area contributed by atoms with Crippen LogP contribution in [-0.2, 0) is 28.6 Å². The molecule has 0 aliphatic heterocycles. The van der Waals surface area contributed by atoms with Crippen molar-refractivity contribution in [2.24, 2.45) is 0 Å². The minimum Gasteiger partial charge on any atom is -0.462 e. The van der Waals surface area contributed by atoms with Gasteiger partial charge in [-0.3, -0.25) is 14.4 Å². The Kier molecular flexibility index (Phi) is 63.9. The van der Waals surface area contributed by atoms with Crippen molar-refractivity contribution in [3.05, 3.63) is 146 Å². The lowest BCUT2D eigenvalue weighted by Gasteiger charge is -2.18. The van der Waals surface area contributed by atoms with Crippen LogP contribution in [-0.4, -0.2) is 37.2 Å². The summed E-state index contributed by atoms with van der Waals surface area (Å²) in [4.78, 5) is 38.2. The van der Waals surface area contributed by atoms with E-state index < -0.39 is 6.10 Å². The zero-order valence-corrected chi connectivity index (χ0v) is 52.5. The van der Waals surface area contributed by atoms with E-state index in [1.54, 1.807) is 0 Å². The minimum absolute atomic E-state index is 0.0922. The normalized spacial score (nSPS) is 13.1. The summed E-state index contributed by atoms with van der Waals surface area (Å²) in [5.74, 6) is -0.927. The second-order valence-electron chi connectivity index (χ2n) is 21.6. The minimum atomic E-state index is -0.797. The molecular formula is C75H122O6. The second-order valence-corrected chi connectivity index (χ2v) is 21.6. The Morgan fingerprint density at radius 2 is 0.481 bits per heavy atom. The van der Waals surface area contributed by atoms with Crippen molar-refractivity contribution in [1.29, 1.82) is 0 Å². The van der Waals surface area contributed by atoms with Gasteiger partial charge in [-0.25, -0.2) is 0 Å². The zero-order valence-electron chi connectivity index (χ0n) is 52.5. The van der Waals surface area contributed by atoms with E-state index in [1.807, 2.05) is 0 Å². The van der Waals surface area contributed by atoms with Crippen molar-refractivity contribution in [2.75, 3.05) is 13.2 Å². The summed E-state index contributed by atoms with van der Waals surface area (Å²) in [6.07, 6.45) is 97.2. The predicted octanol–water partition coefficient (Wildman–Crippen LogP) is 23.1. The summed E-state index contributed by atoms with van der Waals surface area (Å²) in [5, 5.41) is 0. The third kappa shape index (κ3) is 66.0. The first-order chi connectivity index (χ1) is 40.0. The van der Waals surface area contributed by atoms with Gasteiger partial charge in [0.2, 0.25) is 0 Å². The van der Waals surface area contributed by atoms with Gasteiger partial charge < -0.3 is 14.2 Å². The standard InChI is InChI=1S/C75H122O6/c1-4-7-10-13-16-19-21-23-25-27-29-31-32-33-34-35-36-37-38-39-40-41-42-44-45-47-49-51-53-56-59-62-65-68-74(77)80-71-72(70-79-73(76)67-64-61-58-55-18-15-12-9-6-3)81-75(78)69-66-63-60-57-54-52-50-48-46-43-30-28-26-24-22-20-17-14-11-8-5-2/h7,10,16,19,22-25,28-31,33-34,36-37,39-40,42,44,46-49,72H,4-6,8-9,11-15,17-18,20-21,26-27,32,35,38,41,43,45,50-71H2,1-3H3/b10-7-,19-16-,24-22-,25-23-,30-28-,31-29-,34-33-,37-36-,40-39-,44-42-,48-46-,49-47-. The van der Waals surface area contributed by atoms with Gasteiger partial charge in [0.1, 0.15) is 13.2 Å². The highest BCUT2D eigenvalue weighted by atomic mass is 16.6. The SMILES string of the molecule is CC/C=C\C/C=C\C/C=C\C/C=C\C/C=C\C/C=C\C/C=C\C/C=C\C/C=C\CCCCCCCC(=O)OCC(COC(=O)CCCCCCCCCCC)OC(=O)CCCCCCCC/C=C\C/C=C\C/C=C\CCCCCCC. The first-order valence-corrected chi connectivity index (χ1v) is 33.3. The summed E-state index contributed by atoms with van der Waals surface area (Å²) in [6, 6.07) is 0. The maximum Gasteiger partial charge on any atom is 0.306 e. The van der Waals surface area contributed by atoms with Crippen LogP contribution in [0, 0.1) is 0 Å². The molecule has 0 saturated heterocycles. The molecule has 0 radical (unpaired) electrons. The van der Waals surface area contributed by atoms with Crippen LogP contribution in [0.4, 0.5) is 0 Å². The fraction of sp³-hybridized carbons (Fsp3) is 0.640. The third-order valence-corrected chi connectivity index (χ3v) is 13.8. The largest absolute Gasteiger partial charge is 0.462 e. The predicted molar refractivity (Wildman–Crippen MR) is 352 cm³/mol. The van der Waals surface area contributed by atoms with Crippen molar-refractivity contribution in [1.82, 2.24) is 0 Å². The van der Waals surface area contributed by atoms with E-state index in [4.69, 9.17) is 14.2 Å². The number of hydrogen-bond acceptors (Lipinski definition) is 6. The van der Waals surface area contributed by atoms with E-state index in [2.05, 4.69) is 167 Å². The molecule has 0 aromatic rings. The summed E-state index contributed by atoms with van der Waals surface area (Å²) >= 11 is 0. The molecule has 0 bridgehead atoms. The van der Waals surface area contributed by atoms with Gasteiger partial charge in [-0.15, -0.1) is 0 Å². The molecule has 0 aliphatic rings. The van der Waals surface area contributed by atoms with Gasteiger partial charge in [0.05, 0.1) is 0 Å². The van der Waals surface area contributed by atoms with E-state index >= 15 is 0 Å². The topological polar surface area (TPSA) is 78.9 Å². The summed E-state index contributed by atoms with van der Waals surface area (Å²) in [5.41, 5.74) is 0. The molecule has 0 fully saturated rings. The molecule has 458 valence electrons. The fourth-order valence-electron chi connectivity index (χ4n) is 8.85. The van der Waals surface area contributed by atoms with Gasteiger partial charge in [-0.05, 0) is 128 Å². The molecule has 0 aromatic heterocycles. The van der Waals surface area contributed by atoms with Crippen LogP contribution in [0.3, 0.4) is 0 Å². The molecule has 0 spiro atoms. The van der Waals surface area contributed by atoms with E-state index in [0.717, 1.165) is 161 Å². The molecule has 0 aliphatic carbocycles. The molecule has 6 nitrogen and oxygen atoms in total. The van der Waals surface area contributed by atoms with E-state index in [-0.39, 0.29) is 31.1 Å². The van der Waals surface area contributed by atoms with Gasteiger partial charge in [0.15, 0.2) is 6.10 Å². The van der Waals surface area contributed by atoms with Crippen LogP contribution in [0.25, 0.3) is 0 Å².